The molecule has 19 heavy (non-hydrogen) atoms. The Balaban J connectivity index is 1.88. The summed E-state index contributed by atoms with van der Waals surface area (Å²) in [6, 6.07) is 0. The number of nitrogens with zero attached hydrogens (tertiary/aromatic N) is 4. The molecule has 0 saturated heterocycles. The number of rotatable bonds is 6. The van der Waals surface area contributed by atoms with Crippen molar-refractivity contribution in [3.05, 3.63) is 17.3 Å². The molecule has 0 aliphatic rings. The van der Waals surface area contributed by atoms with Crippen molar-refractivity contribution < 1.29 is 9.53 Å². The smallest absolute Gasteiger partial charge is 0.305 e. The molecule has 2 aromatic heterocycles. The Hall–Kier alpha value is -1.76. The molecule has 7 heteroatoms. The fourth-order valence-corrected chi connectivity index (χ4v) is 2.39. The Morgan fingerprint density at radius 3 is 3.05 bits per heavy atom. The molecule has 0 N–H and O–H groups in total. The zero-order valence-electron chi connectivity index (χ0n) is 11.0. The van der Waals surface area contributed by atoms with Gasteiger partial charge in [-0.15, -0.1) is 5.10 Å². The van der Waals surface area contributed by atoms with E-state index >= 15 is 0 Å². The number of ether oxygens (including phenoxy) is 1. The Kier molecular flexibility index (Phi) is 4.62. The lowest BCUT2D eigenvalue weighted by Gasteiger charge is -2.01. The van der Waals surface area contributed by atoms with E-state index in [0.717, 1.165) is 17.0 Å². The van der Waals surface area contributed by atoms with Gasteiger partial charge >= 0.3 is 5.97 Å². The lowest BCUT2D eigenvalue weighted by atomic mass is 10.2. The van der Waals surface area contributed by atoms with Crippen molar-refractivity contribution in [2.24, 2.45) is 0 Å². The summed E-state index contributed by atoms with van der Waals surface area (Å²) < 4.78 is 10.8. The summed E-state index contributed by atoms with van der Waals surface area (Å²) in [6.45, 7) is 4.84. The first-order valence-corrected chi connectivity index (χ1v) is 7.01. The van der Waals surface area contributed by atoms with Crippen LogP contribution in [0.3, 0.4) is 0 Å². The van der Waals surface area contributed by atoms with Crippen LogP contribution in [0.4, 0.5) is 0 Å². The first-order valence-electron chi connectivity index (χ1n) is 6.17. The number of hydrogen-bond acceptors (Lipinski definition) is 6. The summed E-state index contributed by atoms with van der Waals surface area (Å²) in [6.07, 6.45) is 2.98. The second-order valence-electron chi connectivity index (χ2n) is 4.09. The van der Waals surface area contributed by atoms with Gasteiger partial charge in [0.2, 0.25) is 0 Å². The number of aryl methyl sites for hydroxylation is 2. The van der Waals surface area contributed by atoms with Crippen LogP contribution < -0.4 is 0 Å². The molecule has 2 aromatic rings. The first-order chi connectivity index (χ1) is 9.20. The van der Waals surface area contributed by atoms with Crippen molar-refractivity contribution in [2.75, 3.05) is 6.61 Å². The second kappa shape index (κ2) is 6.42. The molecule has 0 aliphatic heterocycles. The van der Waals surface area contributed by atoms with Crippen molar-refractivity contribution in [3.8, 4) is 11.3 Å². The van der Waals surface area contributed by atoms with Gasteiger partial charge in [0, 0.05) is 23.9 Å². The molecule has 102 valence electrons. The fourth-order valence-electron chi connectivity index (χ4n) is 1.69. The average Bonchev–Trinajstić information content (AvgIpc) is 2.98. The van der Waals surface area contributed by atoms with Crippen LogP contribution in [-0.2, 0) is 16.1 Å². The lowest BCUT2D eigenvalue weighted by Crippen LogP contribution is -2.06. The number of carbonyl (C=O) groups is 1. The summed E-state index contributed by atoms with van der Waals surface area (Å²) in [5.74, 6) is -0.166. The normalized spacial score (nSPS) is 10.6. The number of aromatic nitrogens is 4. The Morgan fingerprint density at radius 1 is 1.53 bits per heavy atom. The molecule has 0 spiro atoms. The van der Waals surface area contributed by atoms with Gasteiger partial charge in [-0.05, 0) is 31.8 Å². The van der Waals surface area contributed by atoms with Crippen molar-refractivity contribution in [3.63, 3.8) is 0 Å². The van der Waals surface area contributed by atoms with Crippen LogP contribution in [0.1, 0.15) is 25.5 Å². The molecule has 2 heterocycles. The number of esters is 1. The van der Waals surface area contributed by atoms with Crippen LogP contribution in [0.2, 0.25) is 0 Å². The van der Waals surface area contributed by atoms with Crippen molar-refractivity contribution in [1.29, 1.82) is 0 Å². The zero-order valence-corrected chi connectivity index (χ0v) is 11.8. The molecule has 0 unspecified atom stereocenters. The highest BCUT2D eigenvalue weighted by Gasteiger charge is 2.09. The third-order valence-corrected chi connectivity index (χ3v) is 3.36. The van der Waals surface area contributed by atoms with E-state index in [1.54, 1.807) is 11.6 Å². The highest BCUT2D eigenvalue weighted by molar-refractivity contribution is 7.04. The summed E-state index contributed by atoms with van der Waals surface area (Å²) in [5, 5.41) is 10.1. The van der Waals surface area contributed by atoms with E-state index in [-0.39, 0.29) is 5.97 Å². The van der Waals surface area contributed by atoms with E-state index in [9.17, 15) is 4.79 Å². The van der Waals surface area contributed by atoms with E-state index in [0.29, 0.717) is 26.0 Å². The molecule has 0 aromatic carbocycles. The molecule has 0 aliphatic carbocycles. The molecule has 2 rings (SSSR count). The second-order valence-corrected chi connectivity index (χ2v) is 4.72. The molecule has 0 amide bonds. The van der Waals surface area contributed by atoms with E-state index in [1.165, 1.54) is 11.5 Å². The minimum absolute atomic E-state index is 0.166. The van der Waals surface area contributed by atoms with Crippen molar-refractivity contribution in [2.45, 2.75) is 33.2 Å². The predicted octanol–water partition coefficient (Wildman–Crippen LogP) is 2.05. The highest BCUT2D eigenvalue weighted by atomic mass is 32.1. The maximum absolute atomic E-state index is 11.2. The standard InChI is InChI=1S/C12H16N4O2S/c1-3-18-12(17)5-4-6-16-7-11(13-15-16)10-8-19-14-9(10)2/h7-8H,3-6H2,1-2H3. The van der Waals surface area contributed by atoms with Crippen LogP contribution in [-0.4, -0.2) is 31.9 Å². The van der Waals surface area contributed by atoms with Gasteiger partial charge in [-0.3, -0.25) is 9.48 Å². The maximum Gasteiger partial charge on any atom is 0.305 e. The van der Waals surface area contributed by atoms with Gasteiger partial charge in [0.05, 0.1) is 18.5 Å². The van der Waals surface area contributed by atoms with Crippen LogP contribution in [0.5, 0.6) is 0 Å². The SMILES string of the molecule is CCOC(=O)CCCn1cc(-c2csnc2C)nn1. The van der Waals surface area contributed by atoms with Crippen LogP contribution in [0.15, 0.2) is 11.6 Å². The molecule has 0 radical (unpaired) electrons. The Labute approximate surface area is 115 Å². The van der Waals surface area contributed by atoms with Gasteiger partial charge in [-0.1, -0.05) is 5.21 Å². The van der Waals surface area contributed by atoms with E-state index in [2.05, 4.69) is 14.7 Å². The average molecular weight is 280 g/mol. The topological polar surface area (TPSA) is 69.9 Å². The fraction of sp³-hybridized carbons (Fsp3) is 0.500. The minimum Gasteiger partial charge on any atom is -0.466 e. The molecule has 6 nitrogen and oxygen atoms in total. The molecular formula is C12H16N4O2S. The summed E-state index contributed by atoms with van der Waals surface area (Å²) in [4.78, 5) is 11.2. The lowest BCUT2D eigenvalue weighted by molar-refractivity contribution is -0.143. The third kappa shape index (κ3) is 3.60. The van der Waals surface area contributed by atoms with Gasteiger partial charge in [0.15, 0.2) is 0 Å². The van der Waals surface area contributed by atoms with Crippen LogP contribution >= 0.6 is 11.5 Å². The van der Waals surface area contributed by atoms with Crippen LogP contribution in [0.25, 0.3) is 11.3 Å². The van der Waals surface area contributed by atoms with E-state index in [4.69, 9.17) is 4.74 Å². The Bertz CT molecular complexity index is 549. The van der Waals surface area contributed by atoms with E-state index in [1.807, 2.05) is 18.5 Å². The minimum atomic E-state index is -0.166. The molecular weight excluding hydrogens is 264 g/mol. The van der Waals surface area contributed by atoms with Gasteiger partial charge in [-0.25, -0.2) is 0 Å². The van der Waals surface area contributed by atoms with Gasteiger partial charge in [0.1, 0.15) is 5.69 Å². The number of carbonyl (C=O) groups excluding carboxylic acids is 1. The number of hydrogen-bond donors (Lipinski definition) is 0. The van der Waals surface area contributed by atoms with Gasteiger partial charge in [-0.2, -0.15) is 4.37 Å². The molecule has 0 atom stereocenters. The monoisotopic (exact) mass is 280 g/mol. The summed E-state index contributed by atoms with van der Waals surface area (Å²) in [7, 11) is 0. The largest absolute Gasteiger partial charge is 0.466 e. The first kappa shape index (κ1) is 13.7. The third-order valence-electron chi connectivity index (χ3n) is 2.64. The highest BCUT2D eigenvalue weighted by Crippen LogP contribution is 2.21. The zero-order chi connectivity index (χ0) is 13.7. The molecule has 0 fully saturated rings. The van der Waals surface area contributed by atoms with Crippen molar-refractivity contribution in [1.82, 2.24) is 19.4 Å². The predicted molar refractivity (Wildman–Crippen MR) is 71.7 cm³/mol. The maximum atomic E-state index is 11.2. The summed E-state index contributed by atoms with van der Waals surface area (Å²) in [5.41, 5.74) is 2.80. The molecule has 0 saturated carbocycles. The van der Waals surface area contributed by atoms with Gasteiger partial charge in [0.25, 0.3) is 0 Å². The van der Waals surface area contributed by atoms with E-state index < -0.39 is 0 Å². The Morgan fingerprint density at radius 2 is 2.37 bits per heavy atom. The quantitative estimate of drug-likeness (QED) is 0.757. The van der Waals surface area contributed by atoms with Gasteiger partial charge < -0.3 is 4.74 Å². The molecule has 0 bridgehead atoms. The van der Waals surface area contributed by atoms with Crippen LogP contribution in [0, 0.1) is 6.92 Å². The summed E-state index contributed by atoms with van der Waals surface area (Å²) >= 11 is 1.41. The van der Waals surface area contributed by atoms with Crippen molar-refractivity contribution >= 4 is 17.5 Å².